The first kappa shape index (κ1) is 17.0. The first-order chi connectivity index (χ1) is 12.4. The van der Waals surface area contributed by atoms with Gasteiger partial charge >= 0.3 is 0 Å². The zero-order valence-electron chi connectivity index (χ0n) is 13.8. The molecule has 7 nitrogen and oxygen atoms in total. The van der Waals surface area contributed by atoms with Crippen molar-refractivity contribution in [2.24, 2.45) is 11.5 Å². The summed E-state index contributed by atoms with van der Waals surface area (Å²) in [5.74, 6) is -0.574. The summed E-state index contributed by atoms with van der Waals surface area (Å²) < 4.78 is 0. The van der Waals surface area contributed by atoms with Crippen molar-refractivity contribution in [1.29, 1.82) is 10.8 Å². The van der Waals surface area contributed by atoms with Crippen molar-refractivity contribution in [3.05, 3.63) is 71.8 Å². The Morgan fingerprint density at radius 2 is 1.58 bits per heavy atom. The standard InChI is InChI=1S/C19H18N6O/c20-17(21)12-6-5-11-7-8-14(10-13(11)9-12)24-18(26)15-3-1-2-4-16(15)25-19(22)23/h1-10H,(H3,20,21)(H,24,26)(H4,22,23,25). The minimum Gasteiger partial charge on any atom is -0.384 e. The number of para-hydroxylation sites is 1. The molecule has 0 radical (unpaired) electrons. The van der Waals surface area contributed by atoms with Gasteiger partial charge in [-0.25, -0.2) is 0 Å². The van der Waals surface area contributed by atoms with E-state index in [2.05, 4.69) is 10.6 Å². The summed E-state index contributed by atoms with van der Waals surface area (Å²) in [5.41, 5.74) is 13.0. The predicted octanol–water partition coefficient (Wildman–Crippen LogP) is 2.68. The Morgan fingerprint density at radius 1 is 0.846 bits per heavy atom. The maximum atomic E-state index is 12.6. The van der Waals surface area contributed by atoms with Crippen molar-refractivity contribution >= 4 is 39.8 Å². The zero-order valence-corrected chi connectivity index (χ0v) is 13.8. The molecular formula is C19H18N6O. The van der Waals surface area contributed by atoms with E-state index in [9.17, 15) is 4.79 Å². The number of hydrogen-bond donors (Lipinski definition) is 6. The third-order valence-electron chi connectivity index (χ3n) is 3.85. The summed E-state index contributed by atoms with van der Waals surface area (Å²) >= 11 is 0. The fourth-order valence-corrected chi connectivity index (χ4v) is 2.63. The normalized spacial score (nSPS) is 10.3. The number of nitrogens with two attached hydrogens (primary N) is 2. The van der Waals surface area contributed by atoms with Crippen LogP contribution >= 0.6 is 0 Å². The van der Waals surface area contributed by atoms with Crippen molar-refractivity contribution in [3.63, 3.8) is 0 Å². The Balaban J connectivity index is 1.90. The van der Waals surface area contributed by atoms with Crippen LogP contribution in [-0.2, 0) is 0 Å². The second-order valence-corrected chi connectivity index (χ2v) is 5.73. The molecule has 0 heterocycles. The van der Waals surface area contributed by atoms with Crippen molar-refractivity contribution < 1.29 is 4.79 Å². The van der Waals surface area contributed by atoms with Gasteiger partial charge in [-0.15, -0.1) is 0 Å². The maximum Gasteiger partial charge on any atom is 0.257 e. The van der Waals surface area contributed by atoms with Crippen LogP contribution in [0.3, 0.4) is 0 Å². The molecule has 0 aliphatic rings. The molecule has 0 aromatic heterocycles. The number of guanidine groups is 1. The highest BCUT2D eigenvalue weighted by atomic mass is 16.1. The van der Waals surface area contributed by atoms with Gasteiger partial charge in [0.1, 0.15) is 5.84 Å². The third-order valence-corrected chi connectivity index (χ3v) is 3.85. The monoisotopic (exact) mass is 346 g/mol. The van der Waals surface area contributed by atoms with Crippen LogP contribution in [0.1, 0.15) is 15.9 Å². The number of anilines is 2. The first-order valence-electron chi connectivity index (χ1n) is 7.83. The van der Waals surface area contributed by atoms with Gasteiger partial charge < -0.3 is 22.1 Å². The number of fused-ring (bicyclic) bond motifs is 1. The summed E-state index contributed by atoms with van der Waals surface area (Å²) in [6.45, 7) is 0. The average Bonchev–Trinajstić information content (AvgIpc) is 2.61. The van der Waals surface area contributed by atoms with Crippen LogP contribution in [0.25, 0.3) is 10.8 Å². The van der Waals surface area contributed by atoms with E-state index in [0.717, 1.165) is 10.8 Å². The van der Waals surface area contributed by atoms with Crippen molar-refractivity contribution in [1.82, 2.24) is 0 Å². The van der Waals surface area contributed by atoms with Gasteiger partial charge in [0.25, 0.3) is 5.91 Å². The highest BCUT2D eigenvalue weighted by Gasteiger charge is 2.12. The maximum absolute atomic E-state index is 12.6. The molecule has 130 valence electrons. The molecule has 8 N–H and O–H groups in total. The van der Waals surface area contributed by atoms with Crippen LogP contribution in [0.4, 0.5) is 11.4 Å². The number of nitrogens with one attached hydrogen (secondary N) is 4. The topological polar surface area (TPSA) is 141 Å². The van der Waals surface area contributed by atoms with Gasteiger partial charge in [-0.1, -0.05) is 30.3 Å². The van der Waals surface area contributed by atoms with Gasteiger partial charge in [0.05, 0.1) is 11.3 Å². The van der Waals surface area contributed by atoms with Gasteiger partial charge in [-0.3, -0.25) is 15.6 Å². The lowest BCUT2D eigenvalue weighted by Gasteiger charge is -2.12. The summed E-state index contributed by atoms with van der Waals surface area (Å²) in [5, 5.41) is 22.2. The Bertz CT molecular complexity index is 1030. The number of carbonyl (C=O) groups excluding carboxylic acids is 1. The lowest BCUT2D eigenvalue weighted by Crippen LogP contribution is -2.23. The number of nitrogen functional groups attached to an aromatic ring is 1. The van der Waals surface area contributed by atoms with Crippen molar-refractivity contribution in [2.75, 3.05) is 10.6 Å². The second-order valence-electron chi connectivity index (χ2n) is 5.73. The van der Waals surface area contributed by atoms with Gasteiger partial charge in [-0.05, 0) is 41.1 Å². The fourth-order valence-electron chi connectivity index (χ4n) is 2.63. The summed E-state index contributed by atoms with van der Waals surface area (Å²) in [6, 6.07) is 17.8. The van der Waals surface area contributed by atoms with Crippen LogP contribution < -0.4 is 22.1 Å². The number of rotatable bonds is 4. The van der Waals surface area contributed by atoms with E-state index in [1.165, 1.54) is 0 Å². The van der Waals surface area contributed by atoms with Gasteiger partial charge in [0, 0.05) is 11.3 Å². The molecular weight excluding hydrogens is 328 g/mol. The third kappa shape index (κ3) is 3.62. The molecule has 0 saturated heterocycles. The molecule has 0 bridgehead atoms. The lowest BCUT2D eigenvalue weighted by atomic mass is 10.1. The van der Waals surface area contributed by atoms with E-state index < -0.39 is 0 Å². The highest BCUT2D eigenvalue weighted by Crippen LogP contribution is 2.22. The number of amides is 1. The highest BCUT2D eigenvalue weighted by molar-refractivity contribution is 6.10. The molecule has 0 unspecified atom stereocenters. The molecule has 3 aromatic rings. The summed E-state index contributed by atoms with van der Waals surface area (Å²) in [4.78, 5) is 12.6. The van der Waals surface area contributed by atoms with E-state index in [0.29, 0.717) is 22.5 Å². The van der Waals surface area contributed by atoms with E-state index in [-0.39, 0.29) is 17.7 Å². The molecule has 0 aliphatic carbocycles. The van der Waals surface area contributed by atoms with Crippen molar-refractivity contribution in [2.45, 2.75) is 0 Å². The molecule has 0 atom stereocenters. The van der Waals surface area contributed by atoms with Gasteiger partial charge in [-0.2, -0.15) is 0 Å². The summed E-state index contributed by atoms with van der Waals surface area (Å²) in [7, 11) is 0. The van der Waals surface area contributed by atoms with Crippen LogP contribution in [0, 0.1) is 10.8 Å². The van der Waals surface area contributed by atoms with E-state index in [4.69, 9.17) is 22.3 Å². The molecule has 0 aliphatic heterocycles. The van der Waals surface area contributed by atoms with Crippen LogP contribution in [-0.4, -0.2) is 17.7 Å². The first-order valence-corrected chi connectivity index (χ1v) is 7.83. The minimum absolute atomic E-state index is 0.00873. The molecule has 26 heavy (non-hydrogen) atoms. The van der Waals surface area contributed by atoms with E-state index >= 15 is 0 Å². The molecule has 0 spiro atoms. The molecule has 0 fully saturated rings. The quantitative estimate of drug-likeness (QED) is 0.319. The van der Waals surface area contributed by atoms with E-state index in [1.54, 1.807) is 42.5 Å². The predicted molar refractivity (Wildman–Crippen MR) is 105 cm³/mol. The Kier molecular flexibility index (Phi) is 4.53. The Labute approximate surface area is 150 Å². The molecule has 7 heteroatoms. The molecule has 0 saturated carbocycles. The van der Waals surface area contributed by atoms with Crippen LogP contribution in [0.15, 0.2) is 60.7 Å². The Hall–Kier alpha value is -3.87. The molecule has 3 rings (SSSR count). The van der Waals surface area contributed by atoms with E-state index in [1.807, 2.05) is 18.2 Å². The number of amidine groups is 1. The molecule has 1 amide bonds. The van der Waals surface area contributed by atoms with Gasteiger partial charge in [0.2, 0.25) is 0 Å². The summed E-state index contributed by atoms with van der Waals surface area (Å²) in [6.07, 6.45) is 0. The fraction of sp³-hybridized carbons (Fsp3) is 0. The van der Waals surface area contributed by atoms with Gasteiger partial charge in [0.15, 0.2) is 5.96 Å². The number of carbonyl (C=O) groups is 1. The number of hydrogen-bond acceptors (Lipinski definition) is 3. The largest absolute Gasteiger partial charge is 0.384 e. The Morgan fingerprint density at radius 3 is 2.31 bits per heavy atom. The van der Waals surface area contributed by atoms with Crippen molar-refractivity contribution in [3.8, 4) is 0 Å². The zero-order chi connectivity index (χ0) is 18.7. The molecule has 3 aromatic carbocycles. The number of benzene rings is 3. The average molecular weight is 346 g/mol. The van der Waals surface area contributed by atoms with Crippen LogP contribution in [0.5, 0.6) is 0 Å². The lowest BCUT2D eigenvalue weighted by molar-refractivity contribution is 0.102. The van der Waals surface area contributed by atoms with Crippen LogP contribution in [0.2, 0.25) is 0 Å². The minimum atomic E-state index is -0.323. The SMILES string of the molecule is N=C(N)Nc1ccccc1C(=O)Nc1ccc2ccc(C(=N)N)cc2c1. The smallest absolute Gasteiger partial charge is 0.257 e. The second kappa shape index (κ2) is 6.94.